The van der Waals surface area contributed by atoms with Crippen LogP contribution in [0.5, 0.6) is 0 Å². The molecule has 0 aromatic carbocycles. The van der Waals surface area contributed by atoms with Gasteiger partial charge in [-0.15, -0.1) is 0 Å². The molecule has 1 aliphatic heterocycles. The molecular formula is C14H21N3O3. The van der Waals surface area contributed by atoms with Crippen LogP contribution in [0.25, 0.3) is 0 Å². The number of carbonyl (C=O) groups excluding carboxylic acids is 1. The van der Waals surface area contributed by atoms with Crippen LogP contribution in [0, 0.1) is 0 Å². The minimum absolute atomic E-state index is 0.227. The van der Waals surface area contributed by atoms with E-state index in [1.165, 1.54) is 6.20 Å². The van der Waals surface area contributed by atoms with E-state index in [-0.39, 0.29) is 6.10 Å². The highest BCUT2D eigenvalue weighted by molar-refractivity contribution is 5.95. The molecule has 20 heavy (non-hydrogen) atoms. The Morgan fingerprint density at radius 2 is 2.45 bits per heavy atom. The Morgan fingerprint density at radius 1 is 1.65 bits per heavy atom. The van der Waals surface area contributed by atoms with E-state index in [1.54, 1.807) is 13.0 Å². The third kappa shape index (κ3) is 3.39. The molecule has 0 spiro atoms. The zero-order valence-electron chi connectivity index (χ0n) is 12.0. The highest BCUT2D eigenvalue weighted by atomic mass is 16.5. The fourth-order valence-electron chi connectivity index (χ4n) is 2.24. The molecule has 0 radical (unpaired) electrons. The van der Waals surface area contributed by atoms with Gasteiger partial charge in [0, 0.05) is 20.2 Å². The van der Waals surface area contributed by atoms with E-state index >= 15 is 0 Å². The second kappa shape index (κ2) is 6.56. The first kappa shape index (κ1) is 14.6. The summed E-state index contributed by atoms with van der Waals surface area (Å²) in [7, 11) is 1.93. The van der Waals surface area contributed by atoms with Crippen LogP contribution in [-0.2, 0) is 9.47 Å². The van der Waals surface area contributed by atoms with E-state index in [4.69, 9.17) is 15.2 Å². The molecule has 1 saturated heterocycles. The van der Waals surface area contributed by atoms with Crippen molar-refractivity contribution in [1.29, 1.82) is 0 Å². The van der Waals surface area contributed by atoms with Crippen molar-refractivity contribution < 1.29 is 14.3 Å². The second-order valence-corrected chi connectivity index (χ2v) is 4.87. The van der Waals surface area contributed by atoms with Gasteiger partial charge in [0.1, 0.15) is 5.82 Å². The number of ether oxygens (including phenoxy) is 2. The first-order valence-corrected chi connectivity index (χ1v) is 6.87. The quantitative estimate of drug-likeness (QED) is 0.822. The molecule has 1 atom stereocenters. The SMILES string of the molecule is CCOC(=O)c1cc(N(C)CC2CCCO2)ncc1N. The van der Waals surface area contributed by atoms with E-state index < -0.39 is 5.97 Å². The highest BCUT2D eigenvalue weighted by Crippen LogP contribution is 2.20. The van der Waals surface area contributed by atoms with Crippen molar-refractivity contribution in [2.45, 2.75) is 25.9 Å². The normalized spacial score (nSPS) is 18.0. The maximum absolute atomic E-state index is 11.8. The van der Waals surface area contributed by atoms with Gasteiger partial charge in [-0.2, -0.15) is 0 Å². The van der Waals surface area contributed by atoms with Crippen molar-refractivity contribution >= 4 is 17.5 Å². The van der Waals surface area contributed by atoms with Gasteiger partial charge in [-0.25, -0.2) is 9.78 Å². The van der Waals surface area contributed by atoms with Crippen LogP contribution in [0.4, 0.5) is 11.5 Å². The maximum Gasteiger partial charge on any atom is 0.340 e. The van der Waals surface area contributed by atoms with E-state index in [9.17, 15) is 4.79 Å². The summed E-state index contributed by atoms with van der Waals surface area (Å²) in [4.78, 5) is 18.0. The molecule has 1 aliphatic rings. The van der Waals surface area contributed by atoms with Crippen molar-refractivity contribution in [3.63, 3.8) is 0 Å². The van der Waals surface area contributed by atoms with Crippen LogP contribution in [0.2, 0.25) is 0 Å². The summed E-state index contributed by atoms with van der Waals surface area (Å²) in [6.07, 6.45) is 3.88. The largest absolute Gasteiger partial charge is 0.462 e. The van der Waals surface area contributed by atoms with Crippen molar-refractivity contribution in [3.05, 3.63) is 17.8 Å². The van der Waals surface area contributed by atoms with Crippen LogP contribution in [0.1, 0.15) is 30.1 Å². The first-order chi connectivity index (χ1) is 9.61. The number of rotatable bonds is 5. The molecule has 0 amide bonds. The van der Waals surface area contributed by atoms with Gasteiger partial charge in [-0.3, -0.25) is 0 Å². The summed E-state index contributed by atoms with van der Waals surface area (Å²) in [5.74, 6) is 0.275. The smallest absolute Gasteiger partial charge is 0.340 e. The Balaban J connectivity index is 2.11. The van der Waals surface area contributed by atoms with Gasteiger partial charge in [0.05, 0.1) is 30.2 Å². The monoisotopic (exact) mass is 279 g/mol. The van der Waals surface area contributed by atoms with Crippen molar-refractivity contribution in [1.82, 2.24) is 4.98 Å². The lowest BCUT2D eigenvalue weighted by Gasteiger charge is -2.22. The minimum atomic E-state index is -0.417. The summed E-state index contributed by atoms with van der Waals surface area (Å²) in [6.45, 7) is 3.66. The fourth-order valence-corrected chi connectivity index (χ4v) is 2.24. The molecular weight excluding hydrogens is 258 g/mol. The molecule has 0 saturated carbocycles. The van der Waals surface area contributed by atoms with Crippen molar-refractivity contribution in [2.24, 2.45) is 0 Å². The topological polar surface area (TPSA) is 77.7 Å². The van der Waals surface area contributed by atoms with Gasteiger partial charge >= 0.3 is 5.97 Å². The van der Waals surface area contributed by atoms with E-state index in [1.807, 2.05) is 11.9 Å². The maximum atomic E-state index is 11.8. The summed E-state index contributed by atoms with van der Waals surface area (Å²) in [5.41, 5.74) is 6.47. The number of nitrogen functional groups attached to an aromatic ring is 1. The highest BCUT2D eigenvalue weighted by Gasteiger charge is 2.19. The summed E-state index contributed by atoms with van der Waals surface area (Å²) >= 11 is 0. The zero-order chi connectivity index (χ0) is 14.5. The Morgan fingerprint density at radius 3 is 3.10 bits per heavy atom. The Kier molecular flexibility index (Phi) is 4.79. The van der Waals surface area contributed by atoms with Crippen molar-refractivity contribution in [2.75, 3.05) is 37.4 Å². The molecule has 2 rings (SSSR count). The minimum Gasteiger partial charge on any atom is -0.462 e. The lowest BCUT2D eigenvalue weighted by atomic mass is 10.2. The van der Waals surface area contributed by atoms with Crippen LogP contribution < -0.4 is 10.6 Å². The number of carbonyl (C=O) groups is 1. The standard InChI is InChI=1S/C14H21N3O3/c1-3-19-14(18)11-7-13(16-8-12(11)15)17(2)9-10-5-4-6-20-10/h7-8,10H,3-6,9,15H2,1-2H3. The van der Waals surface area contributed by atoms with E-state index in [0.717, 1.165) is 26.0 Å². The number of nitrogens with zero attached hydrogens (tertiary/aromatic N) is 2. The summed E-state index contributed by atoms with van der Waals surface area (Å²) in [5, 5.41) is 0. The van der Waals surface area contributed by atoms with E-state index in [2.05, 4.69) is 4.98 Å². The lowest BCUT2D eigenvalue weighted by molar-refractivity contribution is 0.0527. The van der Waals surface area contributed by atoms with Crippen LogP contribution >= 0.6 is 0 Å². The lowest BCUT2D eigenvalue weighted by Crippen LogP contribution is -2.29. The number of anilines is 2. The summed E-state index contributed by atoms with van der Waals surface area (Å²) < 4.78 is 10.6. The average Bonchev–Trinajstić information content (AvgIpc) is 2.92. The zero-order valence-corrected chi connectivity index (χ0v) is 12.0. The van der Waals surface area contributed by atoms with Gasteiger partial charge in [0.25, 0.3) is 0 Å². The molecule has 2 N–H and O–H groups in total. The second-order valence-electron chi connectivity index (χ2n) is 4.87. The van der Waals surface area contributed by atoms with E-state index in [0.29, 0.717) is 23.7 Å². The average molecular weight is 279 g/mol. The Labute approximate surface area is 118 Å². The number of hydrogen-bond acceptors (Lipinski definition) is 6. The predicted octanol–water partition coefficient (Wildman–Crippen LogP) is 1.46. The molecule has 1 aromatic heterocycles. The Bertz CT molecular complexity index is 473. The van der Waals surface area contributed by atoms with Gasteiger partial charge in [0.2, 0.25) is 0 Å². The molecule has 1 unspecified atom stereocenters. The number of esters is 1. The molecule has 0 aliphatic carbocycles. The number of hydrogen-bond donors (Lipinski definition) is 1. The number of pyridine rings is 1. The van der Waals surface area contributed by atoms with Gasteiger partial charge < -0.3 is 20.1 Å². The van der Waals surface area contributed by atoms with Crippen molar-refractivity contribution in [3.8, 4) is 0 Å². The first-order valence-electron chi connectivity index (χ1n) is 6.87. The number of nitrogens with two attached hydrogens (primary N) is 1. The Hall–Kier alpha value is -1.82. The fraction of sp³-hybridized carbons (Fsp3) is 0.571. The molecule has 0 bridgehead atoms. The number of likely N-dealkylation sites (N-methyl/N-ethyl adjacent to an activating group) is 1. The molecule has 2 heterocycles. The molecule has 1 fully saturated rings. The number of aromatic nitrogens is 1. The predicted molar refractivity (Wildman–Crippen MR) is 76.8 cm³/mol. The van der Waals surface area contributed by atoms with Crippen LogP contribution in [0.15, 0.2) is 12.3 Å². The van der Waals surface area contributed by atoms with Gasteiger partial charge in [0.15, 0.2) is 0 Å². The molecule has 6 nitrogen and oxygen atoms in total. The molecule has 110 valence electrons. The van der Waals surface area contributed by atoms with Crippen LogP contribution in [-0.4, -0.2) is 43.9 Å². The summed E-state index contributed by atoms with van der Waals surface area (Å²) in [6, 6.07) is 1.67. The van der Waals surface area contributed by atoms with Gasteiger partial charge in [-0.05, 0) is 25.8 Å². The van der Waals surface area contributed by atoms with Gasteiger partial charge in [-0.1, -0.05) is 0 Å². The van der Waals surface area contributed by atoms with Crippen LogP contribution in [0.3, 0.4) is 0 Å². The molecule has 1 aromatic rings. The third-order valence-electron chi connectivity index (χ3n) is 3.31. The third-order valence-corrected chi connectivity index (χ3v) is 3.31. The molecule has 6 heteroatoms.